The van der Waals surface area contributed by atoms with E-state index < -0.39 is 0 Å². The van der Waals surface area contributed by atoms with E-state index in [-0.39, 0.29) is 11.9 Å². The van der Waals surface area contributed by atoms with Crippen LogP contribution in [0.5, 0.6) is 0 Å². The fourth-order valence-corrected chi connectivity index (χ4v) is 2.83. The molecule has 0 spiro atoms. The van der Waals surface area contributed by atoms with Crippen molar-refractivity contribution >= 4 is 5.91 Å². The molecule has 1 unspecified atom stereocenters. The van der Waals surface area contributed by atoms with Crippen molar-refractivity contribution in [3.05, 3.63) is 59.4 Å². The van der Waals surface area contributed by atoms with Crippen LogP contribution in [0.25, 0.3) is 0 Å². The van der Waals surface area contributed by atoms with Crippen LogP contribution in [0.2, 0.25) is 0 Å². The molecule has 1 aliphatic heterocycles. The first kappa shape index (κ1) is 12.9. The maximum Gasteiger partial charge on any atom is 0.254 e. The molecule has 3 rings (SSSR count). The Bertz CT molecular complexity index is 574. The number of nitrogens with zero attached hydrogens (tertiary/aromatic N) is 1. The first-order valence-electron chi connectivity index (χ1n) is 7.03. The summed E-state index contributed by atoms with van der Waals surface area (Å²) in [7, 11) is 0. The number of amides is 1. The molecule has 1 amide bonds. The van der Waals surface area contributed by atoms with Gasteiger partial charge in [-0.2, -0.15) is 0 Å². The lowest BCUT2D eigenvalue weighted by Gasteiger charge is -2.24. The number of aromatic amines is 1. The fraction of sp³-hybridized carbons (Fsp3) is 0.312. The number of carbonyl (C=O) groups is 1. The van der Waals surface area contributed by atoms with Gasteiger partial charge in [0.25, 0.3) is 5.91 Å². The van der Waals surface area contributed by atoms with Gasteiger partial charge in [-0.05, 0) is 42.7 Å². The SMILES string of the molecule is NCc1ccc(C(=O)N2CCCC2c2ccc[nH]2)cc1. The topological polar surface area (TPSA) is 62.1 Å². The molecule has 2 heterocycles. The van der Waals surface area contributed by atoms with Crippen molar-refractivity contribution in [1.82, 2.24) is 9.88 Å². The summed E-state index contributed by atoms with van der Waals surface area (Å²) in [6.07, 6.45) is 3.98. The van der Waals surface area contributed by atoms with Crippen LogP contribution in [0.15, 0.2) is 42.6 Å². The van der Waals surface area contributed by atoms with Gasteiger partial charge in [0.2, 0.25) is 0 Å². The van der Waals surface area contributed by atoms with Gasteiger partial charge in [-0.25, -0.2) is 0 Å². The van der Waals surface area contributed by atoms with Gasteiger partial charge in [0, 0.05) is 30.5 Å². The van der Waals surface area contributed by atoms with E-state index in [1.165, 1.54) is 0 Å². The summed E-state index contributed by atoms with van der Waals surface area (Å²) in [6.45, 7) is 1.32. The van der Waals surface area contributed by atoms with Crippen LogP contribution in [-0.4, -0.2) is 22.3 Å². The minimum absolute atomic E-state index is 0.102. The normalized spacial score (nSPS) is 18.4. The molecule has 1 aromatic heterocycles. The zero-order chi connectivity index (χ0) is 13.9. The number of aromatic nitrogens is 1. The third-order valence-electron chi connectivity index (χ3n) is 3.93. The number of nitrogens with one attached hydrogen (secondary N) is 1. The van der Waals surface area contributed by atoms with E-state index in [0.717, 1.165) is 36.2 Å². The second-order valence-corrected chi connectivity index (χ2v) is 5.18. The van der Waals surface area contributed by atoms with E-state index in [1.54, 1.807) is 0 Å². The van der Waals surface area contributed by atoms with Crippen LogP contribution in [0, 0.1) is 0 Å². The smallest absolute Gasteiger partial charge is 0.254 e. The minimum Gasteiger partial charge on any atom is -0.363 e. The lowest BCUT2D eigenvalue weighted by molar-refractivity contribution is 0.0733. The molecule has 1 aliphatic rings. The van der Waals surface area contributed by atoms with E-state index in [4.69, 9.17) is 5.73 Å². The summed E-state index contributed by atoms with van der Waals surface area (Å²) >= 11 is 0. The Morgan fingerprint density at radius 3 is 2.75 bits per heavy atom. The van der Waals surface area contributed by atoms with Crippen LogP contribution in [-0.2, 0) is 6.54 Å². The highest BCUT2D eigenvalue weighted by atomic mass is 16.2. The summed E-state index contributed by atoms with van der Waals surface area (Å²) in [5.41, 5.74) is 8.49. The van der Waals surface area contributed by atoms with E-state index in [2.05, 4.69) is 4.98 Å². The van der Waals surface area contributed by atoms with E-state index in [9.17, 15) is 4.79 Å². The van der Waals surface area contributed by atoms with E-state index >= 15 is 0 Å². The average molecular weight is 269 g/mol. The number of rotatable bonds is 3. The number of hydrogen-bond acceptors (Lipinski definition) is 2. The van der Waals surface area contributed by atoms with Crippen molar-refractivity contribution in [3.63, 3.8) is 0 Å². The molecule has 0 radical (unpaired) electrons. The lowest BCUT2D eigenvalue weighted by Crippen LogP contribution is -2.30. The van der Waals surface area contributed by atoms with Crippen molar-refractivity contribution in [2.45, 2.75) is 25.4 Å². The highest BCUT2D eigenvalue weighted by Crippen LogP contribution is 2.32. The quantitative estimate of drug-likeness (QED) is 0.899. The van der Waals surface area contributed by atoms with Gasteiger partial charge in [-0.3, -0.25) is 4.79 Å². The maximum absolute atomic E-state index is 12.6. The third-order valence-corrected chi connectivity index (χ3v) is 3.93. The molecule has 1 atom stereocenters. The Labute approximate surface area is 118 Å². The number of benzene rings is 1. The largest absolute Gasteiger partial charge is 0.363 e. The molecule has 0 aliphatic carbocycles. The molecule has 4 nitrogen and oxygen atoms in total. The van der Waals surface area contributed by atoms with Gasteiger partial charge in [0.1, 0.15) is 0 Å². The Morgan fingerprint density at radius 2 is 2.10 bits per heavy atom. The zero-order valence-corrected chi connectivity index (χ0v) is 11.4. The minimum atomic E-state index is 0.102. The summed E-state index contributed by atoms with van der Waals surface area (Å²) in [5.74, 6) is 0.102. The van der Waals surface area contributed by atoms with Gasteiger partial charge in [-0.15, -0.1) is 0 Å². The zero-order valence-electron chi connectivity index (χ0n) is 11.4. The standard InChI is InChI=1S/C16H19N3O/c17-11-12-5-7-13(8-6-12)16(20)19-10-2-4-15(19)14-3-1-9-18-14/h1,3,5-9,15,18H,2,4,10-11,17H2. The van der Waals surface area contributed by atoms with Gasteiger partial charge < -0.3 is 15.6 Å². The second-order valence-electron chi connectivity index (χ2n) is 5.18. The van der Waals surface area contributed by atoms with Crippen LogP contribution in [0.3, 0.4) is 0 Å². The van der Waals surface area contributed by atoms with Crippen LogP contribution in [0.1, 0.15) is 40.5 Å². The number of nitrogens with two attached hydrogens (primary N) is 1. The second kappa shape index (κ2) is 5.51. The number of likely N-dealkylation sites (tertiary alicyclic amines) is 1. The summed E-state index contributed by atoms with van der Waals surface area (Å²) < 4.78 is 0. The predicted octanol–water partition coefficient (Wildman–Crippen LogP) is 2.45. The van der Waals surface area contributed by atoms with Gasteiger partial charge in [0.05, 0.1) is 6.04 Å². The van der Waals surface area contributed by atoms with Crippen molar-refractivity contribution < 1.29 is 4.79 Å². The van der Waals surface area contributed by atoms with Crippen molar-refractivity contribution in [3.8, 4) is 0 Å². The number of carbonyl (C=O) groups excluding carboxylic acids is 1. The average Bonchev–Trinajstić information content (AvgIpc) is 3.16. The number of H-pyrrole nitrogens is 1. The molecular formula is C16H19N3O. The van der Waals surface area contributed by atoms with Crippen LogP contribution >= 0.6 is 0 Å². The number of hydrogen-bond donors (Lipinski definition) is 2. The predicted molar refractivity (Wildman–Crippen MR) is 78.1 cm³/mol. The van der Waals surface area contributed by atoms with E-state index in [0.29, 0.717) is 6.54 Å². The molecule has 4 heteroatoms. The lowest BCUT2D eigenvalue weighted by atomic mass is 10.1. The van der Waals surface area contributed by atoms with Crippen molar-refractivity contribution in [2.24, 2.45) is 5.73 Å². The maximum atomic E-state index is 12.6. The Kier molecular flexibility index (Phi) is 3.56. The molecule has 2 aromatic rings. The molecule has 0 saturated carbocycles. The molecule has 3 N–H and O–H groups in total. The van der Waals surface area contributed by atoms with Crippen LogP contribution < -0.4 is 5.73 Å². The molecule has 1 aromatic carbocycles. The van der Waals surface area contributed by atoms with Crippen molar-refractivity contribution in [1.29, 1.82) is 0 Å². The molecule has 0 bridgehead atoms. The Hall–Kier alpha value is -2.07. The monoisotopic (exact) mass is 269 g/mol. The summed E-state index contributed by atoms with van der Waals surface area (Å²) in [5, 5.41) is 0. The highest BCUT2D eigenvalue weighted by Gasteiger charge is 2.30. The molecule has 104 valence electrons. The van der Waals surface area contributed by atoms with Crippen molar-refractivity contribution in [2.75, 3.05) is 6.54 Å². The summed E-state index contributed by atoms with van der Waals surface area (Å²) in [4.78, 5) is 17.8. The van der Waals surface area contributed by atoms with Crippen LogP contribution in [0.4, 0.5) is 0 Å². The highest BCUT2D eigenvalue weighted by molar-refractivity contribution is 5.94. The van der Waals surface area contributed by atoms with Gasteiger partial charge >= 0.3 is 0 Å². The Balaban J connectivity index is 1.81. The first-order valence-corrected chi connectivity index (χ1v) is 7.03. The van der Waals surface area contributed by atoms with E-state index in [1.807, 2.05) is 47.5 Å². The molecule has 1 fully saturated rings. The fourth-order valence-electron chi connectivity index (χ4n) is 2.83. The molecule has 1 saturated heterocycles. The third kappa shape index (κ3) is 2.34. The van der Waals surface area contributed by atoms with Gasteiger partial charge in [-0.1, -0.05) is 12.1 Å². The molecule has 20 heavy (non-hydrogen) atoms. The van der Waals surface area contributed by atoms with Gasteiger partial charge in [0.15, 0.2) is 0 Å². The first-order chi connectivity index (χ1) is 9.79. The Morgan fingerprint density at radius 1 is 1.30 bits per heavy atom. The molecular weight excluding hydrogens is 250 g/mol. The summed E-state index contributed by atoms with van der Waals surface area (Å²) in [6, 6.07) is 11.8.